The second kappa shape index (κ2) is 7.59. The Morgan fingerprint density at radius 3 is 2.71 bits per heavy atom. The molecular weight excluding hydrogens is 309 g/mol. The normalized spacial score (nSPS) is 10.9. The van der Waals surface area contributed by atoms with Crippen molar-refractivity contribution in [3.05, 3.63) is 46.3 Å². The smallest absolute Gasteiger partial charge is 0.238 e. The summed E-state index contributed by atoms with van der Waals surface area (Å²) in [5.74, 6) is 1.59. The van der Waals surface area contributed by atoms with Gasteiger partial charge in [0.15, 0.2) is 0 Å². The van der Waals surface area contributed by atoms with Gasteiger partial charge in [0.1, 0.15) is 5.75 Å². The van der Waals surface area contributed by atoms with Crippen molar-refractivity contribution >= 4 is 23.2 Å². The fourth-order valence-electron chi connectivity index (χ4n) is 1.67. The van der Waals surface area contributed by atoms with Crippen molar-refractivity contribution in [1.82, 2.24) is 15.3 Å². The van der Waals surface area contributed by atoms with Gasteiger partial charge in [-0.1, -0.05) is 37.0 Å². The van der Waals surface area contributed by atoms with Gasteiger partial charge in [-0.3, -0.25) is 4.98 Å². The van der Waals surface area contributed by atoms with Crippen molar-refractivity contribution in [1.29, 1.82) is 0 Å². The maximum atomic E-state index is 5.95. The van der Waals surface area contributed by atoms with Gasteiger partial charge in [0.2, 0.25) is 5.88 Å². The number of halogens is 2. The molecule has 0 unspecified atom stereocenters. The molecule has 1 aromatic carbocycles. The van der Waals surface area contributed by atoms with E-state index in [-0.39, 0.29) is 0 Å². The van der Waals surface area contributed by atoms with Crippen LogP contribution >= 0.6 is 23.2 Å². The molecule has 4 nitrogen and oxygen atoms in total. The van der Waals surface area contributed by atoms with Gasteiger partial charge in [0.05, 0.1) is 21.9 Å². The van der Waals surface area contributed by atoms with E-state index in [1.54, 1.807) is 30.6 Å². The number of benzene rings is 1. The first-order chi connectivity index (χ1) is 10.0. The van der Waals surface area contributed by atoms with Crippen molar-refractivity contribution in [3.63, 3.8) is 0 Å². The molecule has 1 N–H and O–H groups in total. The predicted molar refractivity (Wildman–Crippen MR) is 85.1 cm³/mol. The first kappa shape index (κ1) is 16.0. The minimum atomic E-state index is 0.428. The minimum absolute atomic E-state index is 0.428. The van der Waals surface area contributed by atoms with Crippen LogP contribution in [0.1, 0.15) is 19.5 Å². The number of nitrogens with one attached hydrogen (secondary N) is 1. The minimum Gasteiger partial charge on any atom is -0.437 e. The second-order valence-electron chi connectivity index (χ2n) is 5.05. The number of nitrogens with zero attached hydrogens (tertiary/aromatic N) is 2. The molecule has 0 aliphatic rings. The maximum Gasteiger partial charge on any atom is 0.238 e. The highest BCUT2D eigenvalue weighted by atomic mass is 35.5. The molecule has 0 atom stereocenters. The molecule has 112 valence electrons. The number of ether oxygens (including phenoxy) is 1. The van der Waals surface area contributed by atoms with Crippen LogP contribution in [0.2, 0.25) is 10.0 Å². The lowest BCUT2D eigenvalue weighted by Gasteiger charge is -2.09. The third-order valence-electron chi connectivity index (χ3n) is 2.63. The van der Waals surface area contributed by atoms with Gasteiger partial charge in [0.25, 0.3) is 0 Å². The Morgan fingerprint density at radius 1 is 1.19 bits per heavy atom. The molecule has 2 rings (SSSR count). The summed E-state index contributed by atoms with van der Waals surface area (Å²) >= 11 is 11.8. The molecule has 1 heterocycles. The van der Waals surface area contributed by atoms with E-state index in [9.17, 15) is 0 Å². The first-order valence-corrected chi connectivity index (χ1v) is 7.44. The van der Waals surface area contributed by atoms with Gasteiger partial charge in [-0.05, 0) is 24.6 Å². The summed E-state index contributed by atoms with van der Waals surface area (Å²) < 4.78 is 5.64. The van der Waals surface area contributed by atoms with Gasteiger partial charge >= 0.3 is 0 Å². The van der Waals surface area contributed by atoms with Crippen molar-refractivity contribution in [2.24, 2.45) is 5.92 Å². The molecule has 21 heavy (non-hydrogen) atoms. The van der Waals surface area contributed by atoms with Crippen LogP contribution in [0.15, 0.2) is 30.6 Å². The van der Waals surface area contributed by atoms with Crippen molar-refractivity contribution < 1.29 is 4.74 Å². The molecule has 0 bridgehead atoms. The number of hydrogen-bond donors (Lipinski definition) is 1. The topological polar surface area (TPSA) is 47.0 Å². The summed E-state index contributed by atoms with van der Waals surface area (Å²) in [6.07, 6.45) is 3.28. The van der Waals surface area contributed by atoms with E-state index >= 15 is 0 Å². The van der Waals surface area contributed by atoms with Crippen LogP contribution in [0.4, 0.5) is 0 Å². The Bertz CT molecular complexity index is 605. The Balaban J connectivity index is 2.01. The Labute approximate surface area is 134 Å². The molecule has 0 fully saturated rings. The second-order valence-corrected chi connectivity index (χ2v) is 5.87. The molecule has 1 aromatic heterocycles. The van der Waals surface area contributed by atoms with E-state index in [4.69, 9.17) is 27.9 Å². The fraction of sp³-hybridized carbons (Fsp3) is 0.333. The predicted octanol–water partition coefficient (Wildman–Crippen LogP) is 4.32. The molecule has 0 aliphatic heterocycles. The zero-order chi connectivity index (χ0) is 15.2. The van der Waals surface area contributed by atoms with Crippen molar-refractivity contribution in [2.45, 2.75) is 20.4 Å². The lowest BCUT2D eigenvalue weighted by Crippen LogP contribution is -2.19. The lowest BCUT2D eigenvalue weighted by atomic mass is 10.2. The zero-order valence-electron chi connectivity index (χ0n) is 11.9. The Kier molecular flexibility index (Phi) is 5.79. The van der Waals surface area contributed by atoms with Crippen LogP contribution in [-0.2, 0) is 6.54 Å². The largest absolute Gasteiger partial charge is 0.437 e. The Hall–Kier alpha value is -1.36. The number of aromatic nitrogens is 2. The van der Waals surface area contributed by atoms with Crippen LogP contribution < -0.4 is 10.1 Å². The molecule has 2 aromatic rings. The summed E-state index contributed by atoms with van der Waals surface area (Å²) in [5, 5.41) is 4.24. The van der Waals surface area contributed by atoms with Crippen molar-refractivity contribution in [3.8, 4) is 11.6 Å². The van der Waals surface area contributed by atoms with E-state index < -0.39 is 0 Å². The van der Waals surface area contributed by atoms with Crippen LogP contribution in [0.5, 0.6) is 11.6 Å². The third kappa shape index (κ3) is 5.16. The standard InChI is InChI=1S/C15H17Cl2N3O/c1-10(2)6-18-7-11-8-19-9-15(20-11)21-12-3-4-13(16)14(17)5-12/h3-5,8-10,18H,6-7H2,1-2H3. The molecule has 0 saturated heterocycles. The summed E-state index contributed by atoms with van der Waals surface area (Å²) in [6, 6.07) is 5.07. The highest BCUT2D eigenvalue weighted by molar-refractivity contribution is 6.42. The molecule has 0 amide bonds. The Morgan fingerprint density at radius 2 is 2.00 bits per heavy atom. The highest BCUT2D eigenvalue weighted by Crippen LogP contribution is 2.28. The lowest BCUT2D eigenvalue weighted by molar-refractivity contribution is 0.455. The van der Waals surface area contributed by atoms with Crippen LogP contribution in [0.3, 0.4) is 0 Å². The van der Waals surface area contributed by atoms with Crippen LogP contribution in [0.25, 0.3) is 0 Å². The van der Waals surface area contributed by atoms with Crippen molar-refractivity contribution in [2.75, 3.05) is 6.54 Å². The molecule has 6 heteroatoms. The summed E-state index contributed by atoms with van der Waals surface area (Å²) in [4.78, 5) is 8.53. The summed E-state index contributed by atoms with van der Waals surface area (Å²) in [5.41, 5.74) is 0.827. The monoisotopic (exact) mass is 325 g/mol. The average molecular weight is 326 g/mol. The fourth-order valence-corrected chi connectivity index (χ4v) is 1.96. The van der Waals surface area contributed by atoms with E-state index in [0.29, 0.717) is 34.1 Å². The highest BCUT2D eigenvalue weighted by Gasteiger charge is 2.05. The molecule has 0 saturated carbocycles. The number of hydrogen-bond acceptors (Lipinski definition) is 4. The van der Waals surface area contributed by atoms with E-state index in [1.807, 2.05) is 0 Å². The quantitative estimate of drug-likeness (QED) is 0.859. The van der Waals surface area contributed by atoms with Crippen LogP contribution in [-0.4, -0.2) is 16.5 Å². The average Bonchev–Trinajstić information content (AvgIpc) is 2.43. The third-order valence-corrected chi connectivity index (χ3v) is 3.37. The zero-order valence-corrected chi connectivity index (χ0v) is 13.4. The van der Waals surface area contributed by atoms with Gasteiger partial charge in [-0.25, -0.2) is 4.98 Å². The summed E-state index contributed by atoms with van der Waals surface area (Å²) in [7, 11) is 0. The van der Waals surface area contributed by atoms with E-state index in [0.717, 1.165) is 12.2 Å². The van der Waals surface area contributed by atoms with E-state index in [1.165, 1.54) is 0 Å². The molecule has 0 aliphatic carbocycles. The van der Waals surface area contributed by atoms with Crippen LogP contribution in [0, 0.1) is 5.92 Å². The van der Waals surface area contributed by atoms with Gasteiger partial charge in [-0.15, -0.1) is 0 Å². The number of rotatable bonds is 6. The first-order valence-electron chi connectivity index (χ1n) is 6.69. The van der Waals surface area contributed by atoms with Gasteiger partial charge in [0, 0.05) is 18.8 Å². The molecule has 0 radical (unpaired) electrons. The van der Waals surface area contributed by atoms with Gasteiger partial charge in [-0.2, -0.15) is 0 Å². The molecular formula is C15H17Cl2N3O. The SMILES string of the molecule is CC(C)CNCc1cncc(Oc2ccc(Cl)c(Cl)c2)n1. The van der Waals surface area contributed by atoms with Gasteiger partial charge < -0.3 is 10.1 Å². The summed E-state index contributed by atoms with van der Waals surface area (Å²) in [6.45, 7) is 5.90. The van der Waals surface area contributed by atoms with E-state index in [2.05, 4.69) is 29.1 Å². The molecule has 0 spiro atoms. The maximum absolute atomic E-state index is 5.95.